The maximum absolute atomic E-state index is 11.5. The standard InChI is InChI=1S/C14H14N2O8/c1-14(2)23-9(7-13(18)24-14)6-12(17)10-4-3-8(15(19)20)5-11(10)16(21)22/h3-5,7,12,17H,6H2,1-2H3/t12-/m1/s1. The van der Waals surface area contributed by atoms with Crippen molar-refractivity contribution in [3.05, 3.63) is 55.8 Å². The molecule has 0 amide bonds. The first-order chi connectivity index (χ1) is 11.1. The van der Waals surface area contributed by atoms with E-state index in [0.717, 1.165) is 24.3 Å². The number of carbonyl (C=O) groups excluding carboxylic acids is 1. The molecular formula is C14H14N2O8. The second-order valence-electron chi connectivity index (χ2n) is 5.51. The van der Waals surface area contributed by atoms with E-state index in [1.165, 1.54) is 13.8 Å². The molecule has 1 aliphatic rings. The van der Waals surface area contributed by atoms with Gasteiger partial charge in [-0.15, -0.1) is 0 Å². The van der Waals surface area contributed by atoms with Crippen LogP contribution in [0.5, 0.6) is 0 Å². The summed E-state index contributed by atoms with van der Waals surface area (Å²) in [5.74, 6) is -1.79. The summed E-state index contributed by atoms with van der Waals surface area (Å²) < 4.78 is 10.3. The van der Waals surface area contributed by atoms with Crippen LogP contribution in [0.1, 0.15) is 31.9 Å². The number of aliphatic hydroxyl groups excluding tert-OH is 1. The molecule has 24 heavy (non-hydrogen) atoms. The minimum Gasteiger partial charge on any atom is -0.457 e. The smallest absolute Gasteiger partial charge is 0.337 e. The fraction of sp³-hybridized carbons (Fsp3) is 0.357. The summed E-state index contributed by atoms with van der Waals surface area (Å²) in [5.41, 5.74) is -1.17. The minimum atomic E-state index is -1.39. The Kier molecular flexibility index (Phi) is 4.51. The van der Waals surface area contributed by atoms with E-state index in [9.17, 15) is 30.1 Å². The monoisotopic (exact) mass is 338 g/mol. The fourth-order valence-electron chi connectivity index (χ4n) is 2.26. The molecule has 1 N–H and O–H groups in total. The van der Waals surface area contributed by atoms with Gasteiger partial charge in [-0.1, -0.05) is 0 Å². The molecule has 1 aromatic carbocycles. The Morgan fingerprint density at radius 2 is 1.88 bits per heavy atom. The van der Waals surface area contributed by atoms with Crippen LogP contribution < -0.4 is 0 Å². The number of nitrogens with zero attached hydrogens (tertiary/aromatic N) is 2. The number of hydrogen-bond donors (Lipinski definition) is 1. The summed E-state index contributed by atoms with van der Waals surface area (Å²) >= 11 is 0. The Bertz CT molecular complexity index is 740. The number of aliphatic hydroxyl groups is 1. The summed E-state index contributed by atoms with van der Waals surface area (Å²) in [6, 6.07) is 2.93. The summed E-state index contributed by atoms with van der Waals surface area (Å²) in [4.78, 5) is 31.7. The van der Waals surface area contributed by atoms with Crippen molar-refractivity contribution in [1.82, 2.24) is 0 Å². The van der Waals surface area contributed by atoms with Crippen LogP contribution in [0.3, 0.4) is 0 Å². The Labute approximate surface area is 135 Å². The molecule has 0 aromatic heterocycles. The zero-order chi connectivity index (χ0) is 18.1. The average molecular weight is 338 g/mol. The van der Waals surface area contributed by atoms with Gasteiger partial charge in [0.25, 0.3) is 11.4 Å². The highest BCUT2D eigenvalue weighted by atomic mass is 16.7. The van der Waals surface area contributed by atoms with E-state index in [0.29, 0.717) is 0 Å². The molecule has 0 saturated heterocycles. The number of nitro benzene ring substituents is 2. The first-order valence-corrected chi connectivity index (χ1v) is 6.82. The molecular weight excluding hydrogens is 324 g/mol. The molecule has 10 nitrogen and oxygen atoms in total. The molecule has 0 fully saturated rings. The largest absolute Gasteiger partial charge is 0.457 e. The van der Waals surface area contributed by atoms with Gasteiger partial charge in [-0.05, 0) is 6.07 Å². The lowest BCUT2D eigenvalue weighted by Crippen LogP contribution is -2.34. The number of hydrogen-bond acceptors (Lipinski definition) is 8. The van der Waals surface area contributed by atoms with Gasteiger partial charge in [-0.2, -0.15) is 0 Å². The summed E-state index contributed by atoms with van der Waals surface area (Å²) in [6.07, 6.45) is -0.581. The van der Waals surface area contributed by atoms with Crippen LogP contribution in [-0.4, -0.2) is 26.7 Å². The zero-order valence-corrected chi connectivity index (χ0v) is 12.8. The Balaban J connectivity index is 2.30. The lowest BCUT2D eigenvalue weighted by Gasteiger charge is -2.31. The number of rotatable bonds is 5. The van der Waals surface area contributed by atoms with Crippen molar-refractivity contribution in [2.24, 2.45) is 0 Å². The predicted octanol–water partition coefficient (Wildman–Crippen LogP) is 2.12. The highest BCUT2D eigenvalue weighted by Gasteiger charge is 2.32. The highest BCUT2D eigenvalue weighted by Crippen LogP contribution is 2.34. The number of esters is 1. The third-order valence-corrected chi connectivity index (χ3v) is 3.18. The van der Waals surface area contributed by atoms with Crippen LogP contribution in [0, 0.1) is 20.2 Å². The van der Waals surface area contributed by atoms with E-state index < -0.39 is 39.1 Å². The highest BCUT2D eigenvalue weighted by molar-refractivity contribution is 5.83. The number of non-ortho nitro benzene ring substituents is 1. The van der Waals surface area contributed by atoms with Gasteiger partial charge >= 0.3 is 5.97 Å². The molecule has 1 atom stereocenters. The number of carbonyl (C=O) groups is 1. The van der Waals surface area contributed by atoms with Crippen molar-refractivity contribution < 1.29 is 29.2 Å². The second kappa shape index (κ2) is 6.24. The fourth-order valence-corrected chi connectivity index (χ4v) is 2.26. The van der Waals surface area contributed by atoms with Crippen LogP contribution >= 0.6 is 0 Å². The molecule has 0 aliphatic carbocycles. The molecule has 128 valence electrons. The van der Waals surface area contributed by atoms with E-state index in [1.807, 2.05) is 0 Å². The number of nitro groups is 2. The van der Waals surface area contributed by atoms with Crippen molar-refractivity contribution in [3.8, 4) is 0 Å². The normalized spacial score (nSPS) is 17.3. The maximum Gasteiger partial charge on any atom is 0.337 e. The van der Waals surface area contributed by atoms with Crippen molar-refractivity contribution in [1.29, 1.82) is 0 Å². The summed E-state index contributed by atoms with van der Waals surface area (Å²) in [5, 5.41) is 32.1. The quantitative estimate of drug-likeness (QED) is 0.488. The van der Waals surface area contributed by atoms with Crippen molar-refractivity contribution >= 4 is 17.3 Å². The van der Waals surface area contributed by atoms with Gasteiger partial charge in [0, 0.05) is 26.3 Å². The lowest BCUT2D eigenvalue weighted by atomic mass is 10.0. The Morgan fingerprint density at radius 1 is 1.21 bits per heavy atom. The van der Waals surface area contributed by atoms with Gasteiger partial charge in [0.15, 0.2) is 0 Å². The molecule has 1 aromatic rings. The molecule has 0 saturated carbocycles. The number of benzene rings is 1. The van der Waals surface area contributed by atoms with Crippen LogP contribution in [-0.2, 0) is 14.3 Å². The first kappa shape index (κ1) is 17.3. The molecule has 10 heteroatoms. The van der Waals surface area contributed by atoms with Gasteiger partial charge in [-0.3, -0.25) is 20.2 Å². The van der Waals surface area contributed by atoms with E-state index in [1.54, 1.807) is 0 Å². The predicted molar refractivity (Wildman–Crippen MR) is 78.7 cm³/mol. The minimum absolute atomic E-state index is 0.0939. The summed E-state index contributed by atoms with van der Waals surface area (Å²) in [6.45, 7) is 3.00. The molecule has 1 heterocycles. The zero-order valence-electron chi connectivity index (χ0n) is 12.8. The van der Waals surface area contributed by atoms with E-state index in [4.69, 9.17) is 9.47 Å². The Hall–Kier alpha value is -3.01. The first-order valence-electron chi connectivity index (χ1n) is 6.82. The van der Waals surface area contributed by atoms with E-state index in [2.05, 4.69) is 0 Å². The topological polar surface area (TPSA) is 142 Å². The third kappa shape index (κ3) is 3.84. The van der Waals surface area contributed by atoms with Gasteiger partial charge in [0.2, 0.25) is 5.79 Å². The SMILES string of the molecule is CC1(C)OC(=O)C=C(C[C@@H](O)c2ccc([N+](=O)[O-])cc2[N+](=O)[O-])O1. The van der Waals surface area contributed by atoms with E-state index in [-0.39, 0.29) is 17.7 Å². The molecule has 2 rings (SSSR count). The third-order valence-electron chi connectivity index (χ3n) is 3.18. The van der Waals surface area contributed by atoms with Crippen LogP contribution in [0.2, 0.25) is 0 Å². The van der Waals surface area contributed by atoms with Gasteiger partial charge in [0.1, 0.15) is 5.76 Å². The van der Waals surface area contributed by atoms with Crippen LogP contribution in [0.15, 0.2) is 30.0 Å². The average Bonchev–Trinajstić information content (AvgIpc) is 2.44. The molecule has 0 unspecified atom stereocenters. The van der Waals surface area contributed by atoms with Gasteiger partial charge in [-0.25, -0.2) is 4.79 Å². The van der Waals surface area contributed by atoms with Crippen LogP contribution in [0.4, 0.5) is 11.4 Å². The van der Waals surface area contributed by atoms with E-state index >= 15 is 0 Å². The van der Waals surface area contributed by atoms with Gasteiger partial charge in [0.05, 0.1) is 33.7 Å². The van der Waals surface area contributed by atoms with Crippen molar-refractivity contribution in [2.75, 3.05) is 0 Å². The van der Waals surface area contributed by atoms with Crippen molar-refractivity contribution in [3.63, 3.8) is 0 Å². The number of ether oxygens (including phenoxy) is 2. The lowest BCUT2D eigenvalue weighted by molar-refractivity contribution is -0.394. The maximum atomic E-state index is 11.5. The Morgan fingerprint density at radius 3 is 2.42 bits per heavy atom. The van der Waals surface area contributed by atoms with Gasteiger partial charge < -0.3 is 14.6 Å². The molecule has 0 spiro atoms. The number of cyclic esters (lactones) is 1. The molecule has 1 aliphatic heterocycles. The second-order valence-corrected chi connectivity index (χ2v) is 5.51. The van der Waals surface area contributed by atoms with Crippen LogP contribution in [0.25, 0.3) is 0 Å². The molecule has 0 bridgehead atoms. The van der Waals surface area contributed by atoms with Crippen molar-refractivity contribution in [2.45, 2.75) is 32.2 Å². The molecule has 0 radical (unpaired) electrons. The summed E-state index contributed by atoms with van der Waals surface area (Å²) in [7, 11) is 0.